The highest BCUT2D eigenvalue weighted by molar-refractivity contribution is 5.57. The second kappa shape index (κ2) is 10.6. The van der Waals surface area contributed by atoms with Gasteiger partial charge in [0.1, 0.15) is 0 Å². The summed E-state index contributed by atoms with van der Waals surface area (Å²) in [5.74, 6) is 0. The van der Waals surface area contributed by atoms with E-state index in [2.05, 4.69) is 13.8 Å². The molecule has 0 bridgehead atoms. The van der Waals surface area contributed by atoms with Crippen molar-refractivity contribution in [2.75, 3.05) is 0 Å². The highest BCUT2D eigenvalue weighted by Gasteiger charge is 2.37. The van der Waals surface area contributed by atoms with Crippen LogP contribution in [0.3, 0.4) is 0 Å². The first-order chi connectivity index (χ1) is 19.6. The van der Waals surface area contributed by atoms with E-state index in [1.807, 2.05) is 134 Å². The third-order valence-corrected chi connectivity index (χ3v) is 7.49. The Morgan fingerprint density at radius 1 is 0.350 bits per heavy atom. The number of hydrogen-bond donors (Lipinski definition) is 0. The first-order valence-corrected chi connectivity index (χ1v) is 13.2. The summed E-state index contributed by atoms with van der Waals surface area (Å²) in [6.07, 6.45) is 7.23. The standard InChI is InChI=1S/C34H28N6/c1-33(27-15-3-7-21-35-27,28-16-4-8-22-36-28)31-19-11-13-25(39-31)26-14-12-20-32(40-26)34(2,29-17-5-9-23-37-29)30-18-6-10-24-38-30/h3-24H,1-2H3. The fourth-order valence-corrected chi connectivity index (χ4v) is 5.13. The number of pyridine rings is 6. The molecule has 0 aliphatic carbocycles. The predicted octanol–water partition coefficient (Wildman–Crippen LogP) is 6.43. The van der Waals surface area contributed by atoms with Gasteiger partial charge in [0.25, 0.3) is 0 Å². The van der Waals surface area contributed by atoms with Crippen molar-refractivity contribution < 1.29 is 0 Å². The van der Waals surface area contributed by atoms with Crippen molar-refractivity contribution in [3.05, 3.63) is 168 Å². The normalized spacial score (nSPS) is 11.8. The van der Waals surface area contributed by atoms with Crippen LogP contribution in [0.2, 0.25) is 0 Å². The smallest absolute Gasteiger partial charge is 0.0939 e. The van der Waals surface area contributed by atoms with E-state index in [1.54, 1.807) is 0 Å². The van der Waals surface area contributed by atoms with E-state index in [4.69, 9.17) is 29.9 Å². The average Bonchev–Trinajstić information content (AvgIpc) is 3.06. The Kier molecular flexibility index (Phi) is 6.66. The Morgan fingerprint density at radius 3 is 0.925 bits per heavy atom. The van der Waals surface area contributed by atoms with Gasteiger partial charge in [-0.25, -0.2) is 9.97 Å². The maximum Gasteiger partial charge on any atom is 0.0939 e. The topological polar surface area (TPSA) is 77.3 Å². The molecule has 6 aromatic heterocycles. The van der Waals surface area contributed by atoms with Gasteiger partial charge in [0.05, 0.1) is 56.4 Å². The summed E-state index contributed by atoms with van der Waals surface area (Å²) in [7, 11) is 0. The van der Waals surface area contributed by atoms with E-state index >= 15 is 0 Å². The fraction of sp³-hybridized carbons (Fsp3) is 0.118. The lowest BCUT2D eigenvalue weighted by molar-refractivity contribution is 0.617. The van der Waals surface area contributed by atoms with E-state index < -0.39 is 10.8 Å². The lowest BCUT2D eigenvalue weighted by Gasteiger charge is -2.29. The second-order valence-electron chi connectivity index (χ2n) is 9.93. The van der Waals surface area contributed by atoms with Gasteiger partial charge in [-0.15, -0.1) is 0 Å². The van der Waals surface area contributed by atoms with Gasteiger partial charge in [-0.3, -0.25) is 19.9 Å². The van der Waals surface area contributed by atoms with Crippen LogP contribution < -0.4 is 0 Å². The van der Waals surface area contributed by atoms with Crippen LogP contribution in [0.1, 0.15) is 48.0 Å². The molecule has 0 saturated carbocycles. The van der Waals surface area contributed by atoms with Crippen LogP contribution >= 0.6 is 0 Å². The third kappa shape index (κ3) is 4.43. The minimum absolute atomic E-state index is 0.660. The molecule has 0 atom stereocenters. The Bertz CT molecular complexity index is 1500. The molecule has 0 aliphatic rings. The maximum atomic E-state index is 5.16. The van der Waals surface area contributed by atoms with Gasteiger partial charge >= 0.3 is 0 Å². The zero-order chi connectivity index (χ0) is 27.4. The van der Waals surface area contributed by atoms with Gasteiger partial charge in [0.15, 0.2) is 0 Å². The quantitative estimate of drug-likeness (QED) is 0.241. The Balaban J connectivity index is 1.49. The molecule has 0 saturated heterocycles. The van der Waals surface area contributed by atoms with Crippen LogP contribution in [0.5, 0.6) is 0 Å². The van der Waals surface area contributed by atoms with E-state index in [0.29, 0.717) is 0 Å². The molecular weight excluding hydrogens is 492 g/mol. The molecule has 6 heteroatoms. The molecule has 0 fully saturated rings. The monoisotopic (exact) mass is 520 g/mol. The minimum Gasteiger partial charge on any atom is -0.260 e. The highest BCUT2D eigenvalue weighted by Crippen LogP contribution is 2.38. The number of nitrogens with zero attached hydrogens (tertiary/aromatic N) is 6. The summed E-state index contributed by atoms with van der Waals surface area (Å²) in [5.41, 5.74) is 5.38. The SMILES string of the molecule is CC(c1ccccn1)(c1ccccn1)c1cccc(-c2cccc(C(C)(c3ccccn3)c3ccccn3)n2)n1. The molecule has 194 valence electrons. The molecule has 6 rings (SSSR count). The van der Waals surface area contributed by atoms with E-state index in [0.717, 1.165) is 45.6 Å². The number of aromatic nitrogens is 6. The van der Waals surface area contributed by atoms with Gasteiger partial charge in [-0.05, 0) is 86.6 Å². The van der Waals surface area contributed by atoms with Gasteiger partial charge < -0.3 is 0 Å². The zero-order valence-electron chi connectivity index (χ0n) is 22.4. The van der Waals surface area contributed by atoms with Crippen molar-refractivity contribution >= 4 is 0 Å². The van der Waals surface area contributed by atoms with Crippen LogP contribution in [0.15, 0.2) is 134 Å². The van der Waals surface area contributed by atoms with E-state index in [-0.39, 0.29) is 0 Å². The Labute approximate surface area is 233 Å². The summed E-state index contributed by atoms with van der Waals surface area (Å²) in [4.78, 5) is 29.2. The first-order valence-electron chi connectivity index (χ1n) is 13.2. The summed E-state index contributed by atoms with van der Waals surface area (Å²) in [6.45, 7) is 4.24. The lowest BCUT2D eigenvalue weighted by atomic mass is 9.78. The van der Waals surface area contributed by atoms with Gasteiger partial charge in [-0.1, -0.05) is 36.4 Å². The van der Waals surface area contributed by atoms with Crippen molar-refractivity contribution in [3.8, 4) is 11.4 Å². The molecule has 0 aliphatic heterocycles. The van der Waals surface area contributed by atoms with Crippen LogP contribution in [0.25, 0.3) is 11.4 Å². The molecule has 6 aromatic rings. The summed E-state index contributed by atoms with van der Waals surface area (Å²) < 4.78 is 0. The molecule has 0 aromatic carbocycles. The second-order valence-corrected chi connectivity index (χ2v) is 9.93. The van der Waals surface area contributed by atoms with Crippen LogP contribution in [0, 0.1) is 0 Å². The molecule has 0 unspecified atom stereocenters. The fourth-order valence-electron chi connectivity index (χ4n) is 5.13. The van der Waals surface area contributed by atoms with Crippen LogP contribution in [-0.2, 0) is 10.8 Å². The van der Waals surface area contributed by atoms with Gasteiger partial charge in [0.2, 0.25) is 0 Å². The molecule has 0 N–H and O–H groups in total. The largest absolute Gasteiger partial charge is 0.260 e. The summed E-state index contributed by atoms with van der Waals surface area (Å²) in [5, 5.41) is 0. The molecule has 6 nitrogen and oxygen atoms in total. The van der Waals surface area contributed by atoms with E-state index in [9.17, 15) is 0 Å². The van der Waals surface area contributed by atoms with Crippen LogP contribution in [-0.4, -0.2) is 29.9 Å². The molecular formula is C34H28N6. The summed E-state index contributed by atoms with van der Waals surface area (Å²) >= 11 is 0. The number of rotatable bonds is 7. The molecule has 6 heterocycles. The van der Waals surface area contributed by atoms with Crippen molar-refractivity contribution in [2.45, 2.75) is 24.7 Å². The Hall–Kier alpha value is -5.10. The maximum absolute atomic E-state index is 5.16. The van der Waals surface area contributed by atoms with Crippen molar-refractivity contribution in [3.63, 3.8) is 0 Å². The van der Waals surface area contributed by atoms with Gasteiger partial charge in [0, 0.05) is 24.8 Å². The van der Waals surface area contributed by atoms with Crippen molar-refractivity contribution in [2.24, 2.45) is 0 Å². The number of hydrogen-bond acceptors (Lipinski definition) is 6. The zero-order valence-corrected chi connectivity index (χ0v) is 22.4. The molecule has 0 spiro atoms. The van der Waals surface area contributed by atoms with Gasteiger partial charge in [-0.2, -0.15) is 0 Å². The Morgan fingerprint density at radius 2 is 0.650 bits per heavy atom. The van der Waals surface area contributed by atoms with E-state index in [1.165, 1.54) is 0 Å². The molecule has 40 heavy (non-hydrogen) atoms. The van der Waals surface area contributed by atoms with Crippen molar-refractivity contribution in [1.29, 1.82) is 0 Å². The molecule has 0 amide bonds. The van der Waals surface area contributed by atoms with Crippen LogP contribution in [0.4, 0.5) is 0 Å². The van der Waals surface area contributed by atoms with Crippen molar-refractivity contribution in [1.82, 2.24) is 29.9 Å². The lowest BCUT2D eigenvalue weighted by Crippen LogP contribution is -2.29. The summed E-state index contributed by atoms with van der Waals surface area (Å²) in [6, 6.07) is 35.8. The predicted molar refractivity (Wildman–Crippen MR) is 156 cm³/mol. The molecule has 0 radical (unpaired) electrons. The third-order valence-electron chi connectivity index (χ3n) is 7.49. The average molecular weight is 521 g/mol. The minimum atomic E-state index is -0.660. The first kappa shape index (κ1) is 25.2. The highest BCUT2D eigenvalue weighted by atomic mass is 14.9.